The summed E-state index contributed by atoms with van der Waals surface area (Å²) in [6, 6.07) is 5.68. The molecule has 3 N–H and O–H groups in total. The second kappa shape index (κ2) is 10.1. The summed E-state index contributed by atoms with van der Waals surface area (Å²) in [6.07, 6.45) is 2.91. The number of hydrogen-bond donors (Lipinski definition) is 3. The smallest absolute Gasteiger partial charge is 0.185 e. The van der Waals surface area contributed by atoms with E-state index in [9.17, 15) is 33.3 Å². The molecular weight excluding hydrogens is 513 g/mol. The molecule has 1 aromatic carbocycles. The Morgan fingerprint density at radius 1 is 1.08 bits per heavy atom. The van der Waals surface area contributed by atoms with Gasteiger partial charge in [-0.2, -0.15) is 0 Å². The summed E-state index contributed by atoms with van der Waals surface area (Å²) < 4.78 is 49.6. The first-order valence-electron chi connectivity index (χ1n) is 12.7. The van der Waals surface area contributed by atoms with Gasteiger partial charge in [-0.15, -0.1) is 0 Å². The summed E-state index contributed by atoms with van der Waals surface area (Å²) in [5.74, 6) is -4.11. The fourth-order valence-electron chi connectivity index (χ4n) is 5.40. The van der Waals surface area contributed by atoms with Crippen molar-refractivity contribution in [1.29, 1.82) is 0 Å². The number of ketones is 1. The van der Waals surface area contributed by atoms with E-state index in [1.54, 1.807) is 19.2 Å². The van der Waals surface area contributed by atoms with E-state index in [0.29, 0.717) is 18.4 Å². The summed E-state index contributed by atoms with van der Waals surface area (Å²) in [5, 5.41) is 31.4. The lowest BCUT2D eigenvalue weighted by Crippen LogP contribution is -2.49. The fraction of sp³-hybridized carbons (Fsp3) is 0.414. The molecule has 3 aromatic rings. The minimum Gasteiger partial charge on any atom is -0.390 e. The van der Waals surface area contributed by atoms with Gasteiger partial charge in [0.15, 0.2) is 5.78 Å². The fourth-order valence-corrected chi connectivity index (χ4v) is 5.40. The third-order valence-corrected chi connectivity index (χ3v) is 8.18. The van der Waals surface area contributed by atoms with Crippen molar-refractivity contribution in [2.24, 2.45) is 5.92 Å². The van der Waals surface area contributed by atoms with E-state index in [2.05, 4.69) is 9.97 Å². The van der Waals surface area contributed by atoms with Gasteiger partial charge in [-0.1, -0.05) is 6.92 Å². The number of carbonyl (C=O) groups is 1. The highest BCUT2D eigenvalue weighted by Gasteiger charge is 2.43. The Morgan fingerprint density at radius 2 is 1.77 bits per heavy atom. The molecule has 10 heteroatoms. The summed E-state index contributed by atoms with van der Waals surface area (Å²) >= 11 is 0. The molecule has 0 spiro atoms. The Morgan fingerprint density at radius 3 is 2.38 bits per heavy atom. The zero-order valence-electron chi connectivity index (χ0n) is 21.5. The molecule has 2 aromatic heterocycles. The Labute approximate surface area is 223 Å². The van der Waals surface area contributed by atoms with Crippen LogP contribution in [0.4, 0.5) is 13.2 Å². The SMILES string of the molecule is C[C@H]1C[C@@H](c2ccncc2CC(=O)c2ccc(F)c(-c3c(F)cc(C4(O)COC4)cc3F)n2)C[C@@H](O)[C@]1(C)O. The average molecular weight is 543 g/mol. The highest BCUT2D eigenvalue weighted by molar-refractivity contribution is 5.96. The van der Waals surface area contributed by atoms with Gasteiger partial charge in [0, 0.05) is 18.8 Å². The zero-order chi connectivity index (χ0) is 28.1. The Kier molecular flexibility index (Phi) is 7.09. The van der Waals surface area contributed by atoms with Gasteiger partial charge in [0.05, 0.1) is 30.5 Å². The minimum absolute atomic E-state index is 0.0343. The summed E-state index contributed by atoms with van der Waals surface area (Å²) in [6.45, 7) is 3.24. The van der Waals surface area contributed by atoms with E-state index in [1.165, 1.54) is 6.20 Å². The lowest BCUT2D eigenvalue weighted by atomic mass is 9.68. The lowest BCUT2D eigenvalue weighted by Gasteiger charge is -2.43. The molecule has 5 rings (SSSR count). The van der Waals surface area contributed by atoms with Crippen molar-refractivity contribution >= 4 is 5.78 Å². The Hall–Kier alpha value is -3.18. The molecule has 0 bridgehead atoms. The Balaban J connectivity index is 1.43. The topological polar surface area (TPSA) is 113 Å². The van der Waals surface area contributed by atoms with Crippen LogP contribution in [0.25, 0.3) is 11.3 Å². The van der Waals surface area contributed by atoms with Crippen LogP contribution in [-0.4, -0.2) is 56.0 Å². The van der Waals surface area contributed by atoms with E-state index < -0.39 is 51.8 Å². The number of carbonyl (C=O) groups excluding carboxylic acids is 1. The standard InChI is InChI=1S/C29H29F3N2O5/c1-15-7-16(9-25(36)28(15,2)37)19-5-6-33-12-17(19)8-24(35)23-4-3-20(30)27(34-23)26-21(31)10-18(11-22(26)32)29(38)13-39-14-29/h3-6,10-12,15-16,25,36-38H,7-9,13-14H2,1-2H3/t15-,16+,25+,28+/m0/s1. The molecule has 1 aliphatic carbocycles. The number of rotatable bonds is 6. The number of Topliss-reactive ketones (excluding diaryl/α,β-unsaturated/α-hetero) is 1. The number of aliphatic hydroxyl groups is 3. The maximum Gasteiger partial charge on any atom is 0.185 e. The van der Waals surface area contributed by atoms with Gasteiger partial charge in [0.2, 0.25) is 0 Å². The molecule has 1 saturated heterocycles. The van der Waals surface area contributed by atoms with Crippen molar-refractivity contribution in [3.63, 3.8) is 0 Å². The molecule has 2 fully saturated rings. The normalized spacial score (nSPS) is 26.2. The van der Waals surface area contributed by atoms with Crippen LogP contribution in [0.1, 0.15) is 59.8 Å². The van der Waals surface area contributed by atoms with Gasteiger partial charge >= 0.3 is 0 Å². The molecule has 206 valence electrons. The highest BCUT2D eigenvalue weighted by atomic mass is 19.1. The van der Waals surface area contributed by atoms with E-state index in [4.69, 9.17) is 4.74 Å². The molecule has 2 aliphatic rings. The highest BCUT2D eigenvalue weighted by Crippen LogP contribution is 2.42. The average Bonchev–Trinajstić information content (AvgIpc) is 2.86. The van der Waals surface area contributed by atoms with Gasteiger partial charge in [0.25, 0.3) is 0 Å². The van der Waals surface area contributed by atoms with Crippen molar-refractivity contribution in [2.75, 3.05) is 13.2 Å². The number of halogens is 3. The van der Waals surface area contributed by atoms with Crippen molar-refractivity contribution < 1.29 is 38.0 Å². The number of aliphatic hydroxyl groups excluding tert-OH is 1. The number of nitrogens with zero attached hydrogens (tertiary/aromatic N) is 2. The number of hydrogen-bond acceptors (Lipinski definition) is 7. The molecule has 1 saturated carbocycles. The van der Waals surface area contributed by atoms with Crippen LogP contribution in [-0.2, 0) is 16.8 Å². The molecule has 0 unspecified atom stereocenters. The maximum atomic E-state index is 15.0. The number of pyridine rings is 2. The van der Waals surface area contributed by atoms with Gasteiger partial charge < -0.3 is 20.1 Å². The zero-order valence-corrected chi connectivity index (χ0v) is 21.5. The van der Waals surface area contributed by atoms with Crippen LogP contribution in [0.2, 0.25) is 0 Å². The first-order chi connectivity index (χ1) is 18.4. The van der Waals surface area contributed by atoms with Crippen LogP contribution < -0.4 is 0 Å². The third-order valence-electron chi connectivity index (χ3n) is 8.18. The molecule has 0 amide bonds. The molecular formula is C29H29F3N2O5. The summed E-state index contributed by atoms with van der Waals surface area (Å²) in [4.78, 5) is 21.4. The molecule has 3 heterocycles. The predicted octanol–water partition coefficient (Wildman–Crippen LogP) is 3.83. The van der Waals surface area contributed by atoms with Gasteiger partial charge in [0.1, 0.15) is 34.4 Å². The maximum absolute atomic E-state index is 15.0. The number of benzene rings is 1. The van der Waals surface area contributed by atoms with Gasteiger partial charge in [-0.25, -0.2) is 18.2 Å². The van der Waals surface area contributed by atoms with E-state index in [1.807, 2.05) is 6.92 Å². The predicted molar refractivity (Wildman–Crippen MR) is 134 cm³/mol. The molecule has 7 nitrogen and oxygen atoms in total. The van der Waals surface area contributed by atoms with Gasteiger partial charge in [-0.05, 0) is 78.6 Å². The molecule has 4 atom stereocenters. The van der Waals surface area contributed by atoms with Crippen molar-refractivity contribution in [3.8, 4) is 11.3 Å². The first kappa shape index (κ1) is 27.4. The number of ether oxygens (including phenoxy) is 1. The monoisotopic (exact) mass is 542 g/mol. The van der Waals surface area contributed by atoms with Crippen molar-refractivity contribution in [1.82, 2.24) is 9.97 Å². The van der Waals surface area contributed by atoms with Crippen molar-refractivity contribution in [2.45, 2.75) is 56.3 Å². The van der Waals surface area contributed by atoms with E-state index >= 15 is 0 Å². The van der Waals surface area contributed by atoms with Crippen LogP contribution in [0.15, 0.2) is 42.7 Å². The first-order valence-corrected chi connectivity index (χ1v) is 12.7. The molecule has 1 aliphatic heterocycles. The second-order valence-electron chi connectivity index (χ2n) is 10.9. The largest absolute Gasteiger partial charge is 0.390 e. The van der Waals surface area contributed by atoms with Crippen LogP contribution in [0, 0.1) is 23.4 Å². The van der Waals surface area contributed by atoms with Crippen molar-refractivity contribution in [3.05, 3.63) is 82.6 Å². The van der Waals surface area contributed by atoms with Gasteiger partial charge in [-0.3, -0.25) is 9.78 Å². The summed E-state index contributed by atoms with van der Waals surface area (Å²) in [7, 11) is 0. The quantitative estimate of drug-likeness (QED) is 0.406. The molecule has 39 heavy (non-hydrogen) atoms. The van der Waals surface area contributed by atoms with Crippen LogP contribution in [0.5, 0.6) is 0 Å². The lowest BCUT2D eigenvalue weighted by molar-refractivity contribution is -0.184. The summed E-state index contributed by atoms with van der Waals surface area (Å²) in [5.41, 5.74) is -2.98. The Bertz CT molecular complexity index is 1390. The number of aromatic nitrogens is 2. The second-order valence-corrected chi connectivity index (χ2v) is 10.9. The van der Waals surface area contributed by atoms with Crippen LogP contribution in [0.3, 0.4) is 0 Å². The van der Waals surface area contributed by atoms with E-state index in [-0.39, 0.29) is 42.7 Å². The van der Waals surface area contributed by atoms with Crippen LogP contribution >= 0.6 is 0 Å². The van der Waals surface area contributed by atoms with E-state index in [0.717, 1.165) is 29.8 Å². The molecule has 0 radical (unpaired) electrons. The third kappa shape index (κ3) is 4.98. The minimum atomic E-state index is -1.52.